The third-order valence-electron chi connectivity index (χ3n) is 2.46. The number of phenolic OH excluding ortho intramolecular Hbond substituents is 1. The summed E-state index contributed by atoms with van der Waals surface area (Å²) < 4.78 is 0. The van der Waals surface area contributed by atoms with Crippen molar-refractivity contribution in [3.05, 3.63) is 29.8 Å². The van der Waals surface area contributed by atoms with Crippen LogP contribution in [0.5, 0.6) is 5.75 Å². The summed E-state index contributed by atoms with van der Waals surface area (Å²) in [6.07, 6.45) is 1.20. The van der Waals surface area contributed by atoms with E-state index in [-0.39, 0.29) is 0 Å². The van der Waals surface area contributed by atoms with Crippen LogP contribution in [0.25, 0.3) is 0 Å². The molecular formula is C13H21OP. The Morgan fingerprint density at radius 3 is 2.13 bits per heavy atom. The van der Waals surface area contributed by atoms with Gasteiger partial charge in [0.15, 0.2) is 0 Å². The van der Waals surface area contributed by atoms with Crippen molar-refractivity contribution in [3.8, 4) is 5.75 Å². The van der Waals surface area contributed by atoms with Crippen molar-refractivity contribution in [3.63, 3.8) is 0 Å². The number of rotatable bonds is 3. The lowest BCUT2D eigenvalue weighted by Gasteiger charge is -2.25. The first kappa shape index (κ1) is 12.5. The number of hydrogen-bond donors (Lipinski definition) is 1. The molecule has 0 bridgehead atoms. The van der Waals surface area contributed by atoms with Crippen molar-refractivity contribution in [1.29, 1.82) is 0 Å². The minimum atomic E-state index is 0.354. The Balaban J connectivity index is 2.79. The maximum absolute atomic E-state index is 9.25. The predicted molar refractivity (Wildman–Crippen MR) is 69.2 cm³/mol. The van der Waals surface area contributed by atoms with E-state index in [1.54, 1.807) is 12.1 Å². The monoisotopic (exact) mass is 224 g/mol. The van der Waals surface area contributed by atoms with Crippen LogP contribution in [-0.2, 0) is 0 Å². The summed E-state index contributed by atoms with van der Waals surface area (Å²) in [5.41, 5.74) is 2.35. The molecule has 15 heavy (non-hydrogen) atoms. The summed E-state index contributed by atoms with van der Waals surface area (Å²) in [5, 5.41) is 9.25. The van der Waals surface area contributed by atoms with Crippen molar-refractivity contribution in [2.24, 2.45) is 5.41 Å². The number of benzene rings is 1. The maximum atomic E-state index is 9.25. The maximum Gasteiger partial charge on any atom is 0.115 e. The molecule has 2 heteroatoms. The van der Waals surface area contributed by atoms with Crippen LogP contribution in [0.2, 0.25) is 0 Å². The van der Waals surface area contributed by atoms with Crippen LogP contribution in [0.4, 0.5) is 0 Å². The molecule has 0 saturated carbocycles. The van der Waals surface area contributed by atoms with E-state index in [4.69, 9.17) is 0 Å². The highest BCUT2D eigenvalue weighted by Crippen LogP contribution is 2.41. The smallest absolute Gasteiger partial charge is 0.115 e. The summed E-state index contributed by atoms with van der Waals surface area (Å²) in [4.78, 5) is 0. The molecule has 1 N–H and O–H groups in total. The van der Waals surface area contributed by atoms with Crippen LogP contribution in [0.15, 0.2) is 24.3 Å². The van der Waals surface area contributed by atoms with E-state index in [1.807, 2.05) is 12.1 Å². The first-order chi connectivity index (χ1) is 6.92. The molecule has 84 valence electrons. The third-order valence-corrected chi connectivity index (χ3v) is 3.69. The fourth-order valence-electron chi connectivity index (χ4n) is 1.71. The average Bonchev–Trinajstić information content (AvgIpc) is 2.14. The van der Waals surface area contributed by atoms with Crippen LogP contribution in [-0.4, -0.2) is 11.8 Å². The number of aromatic hydroxyl groups is 1. The van der Waals surface area contributed by atoms with E-state index in [0.29, 0.717) is 16.8 Å². The largest absolute Gasteiger partial charge is 0.508 e. The van der Waals surface area contributed by atoms with Gasteiger partial charge in [-0.05, 0) is 36.2 Å². The Kier molecular flexibility index (Phi) is 4.16. The van der Waals surface area contributed by atoms with Crippen molar-refractivity contribution in [1.82, 2.24) is 0 Å². The molecular weight excluding hydrogens is 203 g/mol. The van der Waals surface area contributed by atoms with Gasteiger partial charge in [-0.3, -0.25) is 0 Å². The summed E-state index contributed by atoms with van der Waals surface area (Å²) in [6, 6.07) is 7.65. The van der Waals surface area contributed by atoms with Crippen LogP contribution in [0.1, 0.15) is 38.4 Å². The SMILES string of the molecule is CPC(CC(C)(C)C)c1ccc(O)cc1. The zero-order valence-electron chi connectivity index (χ0n) is 10.0. The average molecular weight is 224 g/mol. The molecule has 0 fully saturated rings. The van der Waals surface area contributed by atoms with Crippen molar-refractivity contribution in [2.45, 2.75) is 32.9 Å². The van der Waals surface area contributed by atoms with E-state index >= 15 is 0 Å². The van der Waals surface area contributed by atoms with Crippen LogP contribution < -0.4 is 0 Å². The molecule has 0 radical (unpaired) electrons. The lowest BCUT2D eigenvalue weighted by Crippen LogP contribution is -2.09. The Hall–Kier alpha value is -0.550. The van der Waals surface area contributed by atoms with Gasteiger partial charge in [0.25, 0.3) is 0 Å². The summed E-state index contributed by atoms with van der Waals surface area (Å²) >= 11 is 0. The molecule has 0 aliphatic carbocycles. The van der Waals surface area contributed by atoms with Gasteiger partial charge in [-0.15, -0.1) is 8.58 Å². The molecule has 2 atom stereocenters. The fraction of sp³-hybridized carbons (Fsp3) is 0.538. The van der Waals surface area contributed by atoms with E-state index in [0.717, 1.165) is 8.58 Å². The lowest BCUT2D eigenvalue weighted by molar-refractivity contribution is 0.373. The normalized spacial score (nSPS) is 14.7. The second-order valence-corrected chi connectivity index (χ2v) is 6.47. The topological polar surface area (TPSA) is 20.2 Å². The van der Waals surface area contributed by atoms with E-state index in [1.165, 1.54) is 12.0 Å². The Bertz CT molecular complexity index is 297. The van der Waals surface area contributed by atoms with Gasteiger partial charge in [-0.25, -0.2) is 0 Å². The van der Waals surface area contributed by atoms with Crippen molar-refractivity contribution >= 4 is 8.58 Å². The minimum Gasteiger partial charge on any atom is -0.508 e. The molecule has 0 aromatic heterocycles. The Labute approximate surface area is 94.7 Å². The van der Waals surface area contributed by atoms with Gasteiger partial charge in [0.2, 0.25) is 0 Å². The van der Waals surface area contributed by atoms with Gasteiger partial charge in [-0.2, -0.15) is 0 Å². The molecule has 1 aromatic rings. The Morgan fingerprint density at radius 2 is 1.73 bits per heavy atom. The standard InChI is InChI=1S/C13H21OP/c1-13(2,3)9-12(15-4)10-5-7-11(14)8-6-10/h5-8,12,14-15H,9H2,1-4H3. The summed E-state index contributed by atoms with van der Waals surface area (Å²) in [7, 11) is 0.915. The first-order valence-electron chi connectivity index (χ1n) is 5.38. The van der Waals surface area contributed by atoms with Gasteiger partial charge >= 0.3 is 0 Å². The molecule has 0 aliphatic heterocycles. The Morgan fingerprint density at radius 1 is 1.20 bits per heavy atom. The van der Waals surface area contributed by atoms with Crippen LogP contribution in [0, 0.1) is 5.41 Å². The van der Waals surface area contributed by atoms with Gasteiger partial charge in [0.1, 0.15) is 5.75 Å². The van der Waals surface area contributed by atoms with Gasteiger partial charge in [0.05, 0.1) is 0 Å². The molecule has 0 aliphatic rings. The van der Waals surface area contributed by atoms with Gasteiger partial charge < -0.3 is 5.11 Å². The fourth-order valence-corrected chi connectivity index (χ4v) is 3.05. The van der Waals surface area contributed by atoms with Crippen LogP contribution >= 0.6 is 8.58 Å². The van der Waals surface area contributed by atoms with E-state index in [9.17, 15) is 5.11 Å². The molecule has 1 rings (SSSR count). The number of hydrogen-bond acceptors (Lipinski definition) is 1. The summed E-state index contributed by atoms with van der Waals surface area (Å²) in [5.74, 6) is 0.354. The van der Waals surface area contributed by atoms with Crippen LogP contribution in [0.3, 0.4) is 0 Å². The quantitative estimate of drug-likeness (QED) is 0.764. The van der Waals surface area contributed by atoms with Crippen molar-refractivity contribution < 1.29 is 5.11 Å². The molecule has 0 spiro atoms. The number of phenols is 1. The molecule has 2 unspecified atom stereocenters. The van der Waals surface area contributed by atoms with Crippen molar-refractivity contribution in [2.75, 3.05) is 6.66 Å². The molecule has 1 nitrogen and oxygen atoms in total. The third kappa shape index (κ3) is 4.22. The van der Waals surface area contributed by atoms with E-state index in [2.05, 4.69) is 27.4 Å². The first-order valence-corrected chi connectivity index (χ1v) is 6.96. The molecule has 0 saturated heterocycles. The zero-order valence-corrected chi connectivity index (χ0v) is 11.0. The van der Waals surface area contributed by atoms with E-state index < -0.39 is 0 Å². The molecule has 1 aromatic carbocycles. The second-order valence-electron chi connectivity index (χ2n) is 5.20. The lowest BCUT2D eigenvalue weighted by atomic mass is 9.88. The summed E-state index contributed by atoms with van der Waals surface area (Å²) in [6.45, 7) is 9.09. The highest BCUT2D eigenvalue weighted by Gasteiger charge is 2.18. The highest BCUT2D eigenvalue weighted by molar-refractivity contribution is 7.37. The molecule has 0 heterocycles. The highest BCUT2D eigenvalue weighted by atomic mass is 31.1. The zero-order chi connectivity index (χ0) is 11.5. The van der Waals surface area contributed by atoms with Gasteiger partial charge in [-0.1, -0.05) is 32.9 Å². The second kappa shape index (κ2) is 4.99. The molecule has 0 amide bonds. The van der Waals surface area contributed by atoms with Gasteiger partial charge in [0, 0.05) is 5.66 Å². The minimum absolute atomic E-state index is 0.354. The predicted octanol–water partition coefficient (Wildman–Crippen LogP) is 4.18.